The molecule has 2 heteroatoms. The summed E-state index contributed by atoms with van der Waals surface area (Å²) in [5, 5.41) is 0. The van der Waals surface area contributed by atoms with Crippen molar-refractivity contribution < 1.29 is 40.9 Å². The molecule has 0 nitrogen and oxygen atoms in total. The van der Waals surface area contributed by atoms with Gasteiger partial charge in [-0.15, -0.1) is 0 Å². The van der Waals surface area contributed by atoms with Crippen LogP contribution in [0.25, 0.3) is 0 Å². The first-order valence-electron chi connectivity index (χ1n) is 2.00. The van der Waals surface area contributed by atoms with Gasteiger partial charge in [0.25, 0.3) is 0 Å². The minimum absolute atomic E-state index is 0. The summed E-state index contributed by atoms with van der Waals surface area (Å²) in [7, 11) is 0. The Kier molecular flexibility index (Phi) is 4.16. The second-order valence-corrected chi connectivity index (χ2v) is 3.33. The molecular formula is C4H7Pt2. The molecule has 1 rings (SSSR count). The normalized spacial score (nSPS) is 21.7. The monoisotopic (exact) mass is 445 g/mol. The van der Waals surface area contributed by atoms with Crippen molar-refractivity contribution in [3.05, 3.63) is 0 Å². The quantitative estimate of drug-likeness (QED) is 0.531. The van der Waals surface area contributed by atoms with E-state index in [4.69, 9.17) is 0 Å². The molecule has 6 heavy (non-hydrogen) atoms. The number of hydrogen-bond acceptors (Lipinski definition) is 0. The average Bonchev–Trinajstić information content (AvgIpc) is 1.30. The fourth-order valence-corrected chi connectivity index (χ4v) is 1.26. The molecule has 0 bridgehead atoms. The number of hydrogen-bond donors (Lipinski definition) is 0. The molecule has 0 atom stereocenters. The molecule has 0 aromatic carbocycles. The Morgan fingerprint density at radius 1 is 1.33 bits per heavy atom. The van der Waals surface area contributed by atoms with Gasteiger partial charge in [0, 0.05) is 21.1 Å². The molecule has 0 saturated heterocycles. The first-order chi connectivity index (χ1) is 2.39. The molecule has 0 aliphatic heterocycles. The van der Waals surface area contributed by atoms with Crippen LogP contribution in [0.5, 0.6) is 0 Å². The maximum atomic E-state index is 2.48. The SMILES string of the molecule is [Pt].[Pt][CH]1CCC1. The van der Waals surface area contributed by atoms with Crippen molar-refractivity contribution in [1.29, 1.82) is 0 Å². The zero-order valence-corrected chi connectivity index (χ0v) is 7.88. The summed E-state index contributed by atoms with van der Waals surface area (Å²) in [6, 6.07) is 0. The Labute approximate surface area is 64.2 Å². The van der Waals surface area contributed by atoms with E-state index in [0.29, 0.717) is 0 Å². The van der Waals surface area contributed by atoms with Crippen LogP contribution in [0.4, 0.5) is 0 Å². The molecule has 43 valence electrons. The summed E-state index contributed by atoms with van der Waals surface area (Å²) >= 11 is 2.48. The third kappa shape index (κ3) is 1.89. The number of rotatable bonds is 0. The summed E-state index contributed by atoms with van der Waals surface area (Å²) in [4.78, 5) is 0. The minimum atomic E-state index is 0. The average molecular weight is 445 g/mol. The zero-order valence-electron chi connectivity index (χ0n) is 3.33. The van der Waals surface area contributed by atoms with Crippen LogP contribution < -0.4 is 0 Å². The van der Waals surface area contributed by atoms with Crippen LogP contribution in [-0.4, -0.2) is 0 Å². The van der Waals surface area contributed by atoms with E-state index in [9.17, 15) is 0 Å². The van der Waals surface area contributed by atoms with Crippen LogP contribution >= 0.6 is 0 Å². The molecule has 0 spiro atoms. The topological polar surface area (TPSA) is 0 Å². The molecule has 1 fully saturated rings. The van der Waals surface area contributed by atoms with Crippen LogP contribution in [0.15, 0.2) is 0 Å². The van der Waals surface area contributed by atoms with E-state index in [2.05, 4.69) is 19.8 Å². The van der Waals surface area contributed by atoms with Gasteiger partial charge >= 0.3 is 43.4 Å². The summed E-state index contributed by atoms with van der Waals surface area (Å²) in [6.45, 7) is 0. The molecule has 1 aliphatic carbocycles. The summed E-state index contributed by atoms with van der Waals surface area (Å²) in [6.07, 6.45) is 4.43. The van der Waals surface area contributed by atoms with E-state index in [1.54, 1.807) is 0 Å². The van der Waals surface area contributed by atoms with Gasteiger partial charge in [0.05, 0.1) is 0 Å². The second kappa shape index (κ2) is 3.39. The van der Waals surface area contributed by atoms with Gasteiger partial charge in [0.15, 0.2) is 0 Å². The van der Waals surface area contributed by atoms with Crippen LogP contribution in [0, 0.1) is 0 Å². The van der Waals surface area contributed by atoms with Gasteiger partial charge in [0.2, 0.25) is 0 Å². The van der Waals surface area contributed by atoms with Gasteiger partial charge < -0.3 is 0 Å². The van der Waals surface area contributed by atoms with Crippen LogP contribution in [0.1, 0.15) is 19.3 Å². The molecule has 0 aromatic heterocycles. The van der Waals surface area contributed by atoms with Crippen LogP contribution in [0.3, 0.4) is 0 Å². The molecule has 0 aromatic rings. The zero-order chi connectivity index (χ0) is 3.70. The molecule has 0 amide bonds. The van der Waals surface area contributed by atoms with Gasteiger partial charge in [0.1, 0.15) is 0 Å². The molecule has 0 unspecified atom stereocenters. The fourth-order valence-electron chi connectivity index (χ4n) is 0.333. The van der Waals surface area contributed by atoms with E-state index < -0.39 is 0 Å². The predicted octanol–water partition coefficient (Wildman–Crippen LogP) is 1.50. The van der Waals surface area contributed by atoms with Gasteiger partial charge in [-0.3, -0.25) is 0 Å². The Morgan fingerprint density at radius 3 is 1.67 bits per heavy atom. The Balaban J connectivity index is 0.000000250. The Hall–Kier alpha value is 1.38. The fraction of sp³-hybridized carbons (Fsp3) is 1.00. The molecule has 0 radical (unpaired) electrons. The van der Waals surface area contributed by atoms with Crippen LogP contribution in [-0.2, 0) is 40.9 Å². The molecule has 0 heterocycles. The van der Waals surface area contributed by atoms with Crippen molar-refractivity contribution >= 4 is 0 Å². The van der Waals surface area contributed by atoms with Crippen molar-refractivity contribution in [1.82, 2.24) is 0 Å². The molecule has 1 aliphatic rings. The molecule has 1 saturated carbocycles. The standard InChI is InChI=1S/C4H7.2Pt/c1-2-4-3-1;;/h1H,2-4H2;;. The van der Waals surface area contributed by atoms with Gasteiger partial charge in [-0.1, -0.05) is 0 Å². The Bertz CT molecular complexity index is 32.5. The van der Waals surface area contributed by atoms with E-state index in [1.165, 1.54) is 19.3 Å². The van der Waals surface area contributed by atoms with E-state index in [-0.39, 0.29) is 21.1 Å². The van der Waals surface area contributed by atoms with Gasteiger partial charge in [-0.05, 0) is 0 Å². The van der Waals surface area contributed by atoms with E-state index >= 15 is 0 Å². The molecular weight excluding hydrogens is 438 g/mol. The Morgan fingerprint density at radius 2 is 1.67 bits per heavy atom. The van der Waals surface area contributed by atoms with E-state index in [1.807, 2.05) is 0 Å². The van der Waals surface area contributed by atoms with Crippen molar-refractivity contribution in [2.45, 2.75) is 23.6 Å². The van der Waals surface area contributed by atoms with E-state index in [0.717, 1.165) is 4.31 Å². The van der Waals surface area contributed by atoms with Gasteiger partial charge in [-0.2, -0.15) is 0 Å². The summed E-state index contributed by atoms with van der Waals surface area (Å²) in [5.41, 5.74) is 0. The van der Waals surface area contributed by atoms with Gasteiger partial charge in [-0.25, -0.2) is 0 Å². The van der Waals surface area contributed by atoms with Crippen LogP contribution in [0.2, 0.25) is 4.31 Å². The first-order valence-corrected chi connectivity index (χ1v) is 3.31. The van der Waals surface area contributed by atoms with Crippen molar-refractivity contribution in [2.24, 2.45) is 0 Å². The van der Waals surface area contributed by atoms with Crippen molar-refractivity contribution in [3.8, 4) is 0 Å². The molecule has 0 N–H and O–H groups in total. The predicted molar refractivity (Wildman–Crippen MR) is 17.6 cm³/mol. The first kappa shape index (κ1) is 7.38. The summed E-state index contributed by atoms with van der Waals surface area (Å²) < 4.78 is 1.04. The van der Waals surface area contributed by atoms with Crippen molar-refractivity contribution in [2.75, 3.05) is 0 Å². The third-order valence-corrected chi connectivity index (χ3v) is 2.31. The maximum absolute atomic E-state index is 2.48. The van der Waals surface area contributed by atoms with Crippen molar-refractivity contribution in [3.63, 3.8) is 0 Å². The summed E-state index contributed by atoms with van der Waals surface area (Å²) in [5.74, 6) is 0. The second-order valence-electron chi connectivity index (χ2n) is 1.48. The third-order valence-electron chi connectivity index (χ3n) is 0.999.